The van der Waals surface area contributed by atoms with Crippen molar-refractivity contribution in [2.45, 2.75) is 33.1 Å². The van der Waals surface area contributed by atoms with E-state index in [1.54, 1.807) is 0 Å². The first kappa shape index (κ1) is 13.6. The molecular weight excluding hydrogens is 208 g/mol. The Morgan fingerprint density at radius 1 is 1.18 bits per heavy atom. The molecule has 0 aliphatic heterocycles. The zero-order valence-electron chi connectivity index (χ0n) is 11.1. The maximum Gasteiger partial charge on any atom is 0.0374 e. The van der Waals surface area contributed by atoms with Gasteiger partial charge in [0.2, 0.25) is 0 Å². The van der Waals surface area contributed by atoms with Crippen LogP contribution in [0.5, 0.6) is 0 Å². The van der Waals surface area contributed by atoms with Crippen LogP contribution in [0.2, 0.25) is 0 Å². The number of aryl methyl sites for hydroxylation is 1. The Morgan fingerprint density at radius 2 is 1.94 bits per heavy atom. The molecule has 0 heterocycles. The highest BCUT2D eigenvalue weighted by Crippen LogP contribution is 2.22. The number of allylic oxidation sites excluding steroid dienone is 1. The van der Waals surface area contributed by atoms with Gasteiger partial charge in [0.05, 0.1) is 0 Å². The van der Waals surface area contributed by atoms with Crippen LogP contribution in [-0.2, 0) is 6.42 Å². The Labute approximate surface area is 105 Å². The minimum absolute atomic E-state index is 0.965. The van der Waals surface area contributed by atoms with E-state index in [2.05, 4.69) is 49.3 Å². The second-order valence-corrected chi connectivity index (χ2v) is 4.11. The largest absolute Gasteiger partial charge is 0.385 e. The van der Waals surface area contributed by atoms with Gasteiger partial charge in [0.15, 0.2) is 0 Å². The molecule has 0 amide bonds. The van der Waals surface area contributed by atoms with Crippen molar-refractivity contribution in [1.29, 1.82) is 0 Å². The molecule has 1 rings (SSSR count). The Morgan fingerprint density at radius 3 is 2.59 bits per heavy atom. The van der Waals surface area contributed by atoms with Crippen molar-refractivity contribution < 1.29 is 0 Å². The molecule has 17 heavy (non-hydrogen) atoms. The lowest BCUT2D eigenvalue weighted by molar-refractivity contribution is 0.844. The van der Waals surface area contributed by atoms with Crippen LogP contribution in [0.25, 0.3) is 0 Å². The van der Waals surface area contributed by atoms with Gasteiger partial charge in [0, 0.05) is 24.5 Å². The average Bonchev–Trinajstić information content (AvgIpc) is 2.33. The molecule has 0 fully saturated rings. The topological polar surface area (TPSA) is 24.1 Å². The van der Waals surface area contributed by atoms with Gasteiger partial charge in [-0.15, -0.1) is 6.58 Å². The van der Waals surface area contributed by atoms with Gasteiger partial charge in [0.25, 0.3) is 0 Å². The molecule has 2 heteroatoms. The summed E-state index contributed by atoms with van der Waals surface area (Å²) in [5, 5.41) is 6.78. The predicted octanol–water partition coefficient (Wildman–Crippen LogP) is 4.06. The van der Waals surface area contributed by atoms with Gasteiger partial charge < -0.3 is 10.6 Å². The summed E-state index contributed by atoms with van der Waals surface area (Å²) >= 11 is 0. The maximum absolute atomic E-state index is 3.77. The van der Waals surface area contributed by atoms with E-state index < -0.39 is 0 Å². The second kappa shape index (κ2) is 7.77. The standard InChI is InChI=1S/C15H24N2/c1-4-7-8-9-13-12-14(16-5-2)10-11-15(13)17-6-3/h4,10-12,16-17H,1,5-9H2,2-3H3. The van der Waals surface area contributed by atoms with Crippen LogP contribution in [0, 0.1) is 0 Å². The number of anilines is 2. The van der Waals surface area contributed by atoms with E-state index in [1.165, 1.54) is 16.9 Å². The number of nitrogens with one attached hydrogen (secondary N) is 2. The SMILES string of the molecule is C=CCCCc1cc(NCC)ccc1NCC. The van der Waals surface area contributed by atoms with E-state index in [1.807, 2.05) is 6.08 Å². The summed E-state index contributed by atoms with van der Waals surface area (Å²) in [6, 6.07) is 6.56. The highest BCUT2D eigenvalue weighted by molar-refractivity contribution is 5.59. The zero-order valence-corrected chi connectivity index (χ0v) is 11.1. The highest BCUT2D eigenvalue weighted by Gasteiger charge is 2.02. The summed E-state index contributed by atoms with van der Waals surface area (Å²) in [5.41, 5.74) is 3.87. The lowest BCUT2D eigenvalue weighted by Gasteiger charge is -2.13. The van der Waals surface area contributed by atoms with E-state index in [9.17, 15) is 0 Å². The first-order valence-corrected chi connectivity index (χ1v) is 6.53. The molecule has 0 aliphatic rings. The zero-order chi connectivity index (χ0) is 12.5. The van der Waals surface area contributed by atoms with Crippen LogP contribution in [-0.4, -0.2) is 13.1 Å². The number of hydrogen-bond acceptors (Lipinski definition) is 2. The smallest absolute Gasteiger partial charge is 0.0374 e. The van der Waals surface area contributed by atoms with Crippen molar-refractivity contribution in [3.8, 4) is 0 Å². The monoisotopic (exact) mass is 232 g/mol. The number of rotatable bonds is 8. The first-order chi connectivity index (χ1) is 8.31. The molecule has 2 nitrogen and oxygen atoms in total. The number of unbranched alkanes of at least 4 members (excludes halogenated alkanes) is 1. The quantitative estimate of drug-likeness (QED) is 0.522. The predicted molar refractivity (Wildman–Crippen MR) is 77.9 cm³/mol. The van der Waals surface area contributed by atoms with Crippen LogP contribution < -0.4 is 10.6 Å². The fraction of sp³-hybridized carbons (Fsp3) is 0.467. The summed E-state index contributed by atoms with van der Waals surface area (Å²) < 4.78 is 0. The molecule has 1 aromatic carbocycles. The summed E-state index contributed by atoms with van der Waals surface area (Å²) in [6.07, 6.45) is 5.34. The third-order valence-corrected chi connectivity index (χ3v) is 2.71. The summed E-state index contributed by atoms with van der Waals surface area (Å²) in [5.74, 6) is 0. The Balaban J connectivity index is 2.77. The minimum Gasteiger partial charge on any atom is -0.385 e. The van der Waals surface area contributed by atoms with Crippen molar-refractivity contribution in [2.75, 3.05) is 23.7 Å². The van der Waals surface area contributed by atoms with E-state index in [4.69, 9.17) is 0 Å². The summed E-state index contributed by atoms with van der Waals surface area (Å²) in [7, 11) is 0. The van der Waals surface area contributed by atoms with Crippen LogP contribution in [0.15, 0.2) is 30.9 Å². The van der Waals surface area contributed by atoms with Gasteiger partial charge in [-0.05, 0) is 56.9 Å². The normalized spacial score (nSPS) is 10.0. The third kappa shape index (κ3) is 4.51. The summed E-state index contributed by atoms with van der Waals surface area (Å²) in [4.78, 5) is 0. The molecule has 0 radical (unpaired) electrons. The lowest BCUT2D eigenvalue weighted by Crippen LogP contribution is -2.03. The molecule has 94 valence electrons. The fourth-order valence-corrected chi connectivity index (χ4v) is 1.91. The van der Waals surface area contributed by atoms with Gasteiger partial charge in [-0.25, -0.2) is 0 Å². The molecular formula is C15H24N2. The molecule has 0 aliphatic carbocycles. The van der Waals surface area contributed by atoms with E-state index in [0.29, 0.717) is 0 Å². The van der Waals surface area contributed by atoms with E-state index in [0.717, 1.165) is 32.4 Å². The Kier molecular flexibility index (Phi) is 6.23. The molecule has 1 aromatic rings. The van der Waals surface area contributed by atoms with Crippen molar-refractivity contribution in [3.63, 3.8) is 0 Å². The second-order valence-electron chi connectivity index (χ2n) is 4.11. The molecule has 0 spiro atoms. The van der Waals surface area contributed by atoms with Gasteiger partial charge in [-0.1, -0.05) is 6.08 Å². The van der Waals surface area contributed by atoms with Crippen molar-refractivity contribution in [1.82, 2.24) is 0 Å². The number of hydrogen-bond donors (Lipinski definition) is 2. The fourth-order valence-electron chi connectivity index (χ4n) is 1.91. The molecule has 0 unspecified atom stereocenters. The summed E-state index contributed by atoms with van der Waals surface area (Å²) in [6.45, 7) is 9.95. The van der Waals surface area contributed by atoms with Gasteiger partial charge in [-0.3, -0.25) is 0 Å². The van der Waals surface area contributed by atoms with Crippen molar-refractivity contribution in [2.24, 2.45) is 0 Å². The highest BCUT2D eigenvalue weighted by atomic mass is 14.9. The number of benzene rings is 1. The van der Waals surface area contributed by atoms with Crippen LogP contribution >= 0.6 is 0 Å². The molecule has 0 atom stereocenters. The van der Waals surface area contributed by atoms with Crippen LogP contribution in [0.1, 0.15) is 32.3 Å². The third-order valence-electron chi connectivity index (χ3n) is 2.71. The van der Waals surface area contributed by atoms with Gasteiger partial charge in [0.1, 0.15) is 0 Å². The van der Waals surface area contributed by atoms with E-state index in [-0.39, 0.29) is 0 Å². The Hall–Kier alpha value is -1.44. The van der Waals surface area contributed by atoms with Gasteiger partial charge in [-0.2, -0.15) is 0 Å². The molecule has 0 saturated heterocycles. The molecule has 2 N–H and O–H groups in total. The minimum atomic E-state index is 0.965. The van der Waals surface area contributed by atoms with E-state index >= 15 is 0 Å². The van der Waals surface area contributed by atoms with Crippen molar-refractivity contribution in [3.05, 3.63) is 36.4 Å². The average molecular weight is 232 g/mol. The maximum atomic E-state index is 3.77. The lowest BCUT2D eigenvalue weighted by atomic mass is 10.0. The van der Waals surface area contributed by atoms with Crippen LogP contribution in [0.3, 0.4) is 0 Å². The van der Waals surface area contributed by atoms with Crippen LogP contribution in [0.4, 0.5) is 11.4 Å². The van der Waals surface area contributed by atoms with Gasteiger partial charge >= 0.3 is 0 Å². The van der Waals surface area contributed by atoms with Crippen molar-refractivity contribution >= 4 is 11.4 Å². The molecule has 0 aromatic heterocycles. The Bertz CT molecular complexity index is 345. The first-order valence-electron chi connectivity index (χ1n) is 6.53. The molecule has 0 saturated carbocycles. The molecule has 0 bridgehead atoms.